The maximum Gasteiger partial charge on any atom is 0.242 e. The molecule has 1 unspecified atom stereocenters. The zero-order valence-electron chi connectivity index (χ0n) is 12.7. The van der Waals surface area contributed by atoms with Gasteiger partial charge in [0.25, 0.3) is 0 Å². The van der Waals surface area contributed by atoms with Crippen LogP contribution in [0, 0.1) is 5.92 Å². The molecule has 1 N–H and O–H groups in total. The van der Waals surface area contributed by atoms with Crippen molar-refractivity contribution >= 4 is 5.91 Å². The number of rotatable bonds is 2. The summed E-state index contributed by atoms with van der Waals surface area (Å²) in [5, 5.41) is 3.35. The van der Waals surface area contributed by atoms with E-state index in [0.29, 0.717) is 5.91 Å². The molecule has 4 nitrogen and oxygen atoms in total. The van der Waals surface area contributed by atoms with Gasteiger partial charge in [-0.1, -0.05) is 6.92 Å². The van der Waals surface area contributed by atoms with E-state index < -0.39 is 0 Å². The number of hydrogen-bond acceptors (Lipinski definition) is 3. The Labute approximate surface area is 117 Å². The van der Waals surface area contributed by atoms with E-state index in [1.807, 2.05) is 0 Å². The van der Waals surface area contributed by atoms with E-state index >= 15 is 0 Å². The summed E-state index contributed by atoms with van der Waals surface area (Å²) in [4.78, 5) is 17.3. The Morgan fingerprint density at radius 3 is 2.47 bits per heavy atom. The van der Waals surface area contributed by atoms with Crippen molar-refractivity contribution < 1.29 is 4.79 Å². The summed E-state index contributed by atoms with van der Waals surface area (Å²) in [5.41, 5.74) is -0.352. The standard InChI is InChI=1S/C15H29N3O/c1-13-5-4-9-17(10-6-13)14(19)15(2,3)18-11-7-16-8-12-18/h13,16H,4-12H2,1-3H3. The maximum absolute atomic E-state index is 12.8. The smallest absolute Gasteiger partial charge is 0.242 e. The molecule has 4 heteroatoms. The lowest BCUT2D eigenvalue weighted by atomic mass is 9.99. The first-order valence-corrected chi connectivity index (χ1v) is 7.77. The maximum atomic E-state index is 12.8. The van der Waals surface area contributed by atoms with Crippen LogP contribution in [0.15, 0.2) is 0 Å². The third-order valence-electron chi connectivity index (χ3n) is 4.73. The number of hydrogen-bond donors (Lipinski definition) is 1. The second-order valence-corrected chi connectivity index (χ2v) is 6.62. The summed E-state index contributed by atoms with van der Waals surface area (Å²) in [5.74, 6) is 1.09. The van der Waals surface area contributed by atoms with Crippen molar-refractivity contribution in [3.05, 3.63) is 0 Å². The molecule has 0 saturated carbocycles. The van der Waals surface area contributed by atoms with Crippen molar-refractivity contribution in [1.82, 2.24) is 15.1 Å². The van der Waals surface area contributed by atoms with Gasteiger partial charge in [-0.3, -0.25) is 9.69 Å². The fourth-order valence-electron chi connectivity index (χ4n) is 3.21. The number of piperazine rings is 1. The molecule has 2 aliphatic rings. The summed E-state index contributed by atoms with van der Waals surface area (Å²) in [6.45, 7) is 12.3. The number of nitrogens with zero attached hydrogens (tertiary/aromatic N) is 2. The van der Waals surface area contributed by atoms with Crippen LogP contribution in [0.2, 0.25) is 0 Å². The van der Waals surface area contributed by atoms with E-state index in [1.165, 1.54) is 6.42 Å². The van der Waals surface area contributed by atoms with Gasteiger partial charge in [0.2, 0.25) is 5.91 Å². The molecule has 19 heavy (non-hydrogen) atoms. The van der Waals surface area contributed by atoms with Crippen molar-refractivity contribution in [3.8, 4) is 0 Å². The van der Waals surface area contributed by atoms with Crippen LogP contribution in [0.1, 0.15) is 40.0 Å². The topological polar surface area (TPSA) is 35.6 Å². The highest BCUT2D eigenvalue weighted by Gasteiger charge is 2.38. The highest BCUT2D eigenvalue weighted by molar-refractivity contribution is 5.85. The predicted molar refractivity (Wildman–Crippen MR) is 78.1 cm³/mol. The van der Waals surface area contributed by atoms with E-state index in [9.17, 15) is 4.79 Å². The summed E-state index contributed by atoms with van der Waals surface area (Å²) in [6.07, 6.45) is 3.58. The molecule has 2 rings (SSSR count). The first-order chi connectivity index (χ1) is 9.01. The van der Waals surface area contributed by atoms with Gasteiger partial charge in [-0.25, -0.2) is 0 Å². The molecule has 2 saturated heterocycles. The van der Waals surface area contributed by atoms with Crippen LogP contribution < -0.4 is 5.32 Å². The SMILES string of the molecule is CC1CCCN(C(=O)C(C)(C)N2CCNCC2)CC1. The molecule has 0 spiro atoms. The lowest BCUT2D eigenvalue weighted by Crippen LogP contribution is -2.60. The van der Waals surface area contributed by atoms with Crippen LogP contribution in [0.25, 0.3) is 0 Å². The molecule has 2 aliphatic heterocycles. The zero-order chi connectivity index (χ0) is 13.9. The van der Waals surface area contributed by atoms with Gasteiger partial charge in [-0.05, 0) is 39.0 Å². The Morgan fingerprint density at radius 1 is 1.11 bits per heavy atom. The molecule has 2 heterocycles. The van der Waals surface area contributed by atoms with Crippen LogP contribution in [-0.2, 0) is 4.79 Å². The molecule has 110 valence electrons. The Kier molecular flexibility index (Phi) is 4.85. The fraction of sp³-hybridized carbons (Fsp3) is 0.933. The second kappa shape index (κ2) is 6.23. The quantitative estimate of drug-likeness (QED) is 0.819. The molecule has 1 atom stereocenters. The number of amides is 1. The Hall–Kier alpha value is -0.610. The molecule has 1 amide bonds. The molecule has 0 radical (unpaired) electrons. The Balaban J connectivity index is 1.99. The largest absolute Gasteiger partial charge is 0.341 e. The van der Waals surface area contributed by atoms with Crippen LogP contribution >= 0.6 is 0 Å². The van der Waals surface area contributed by atoms with Crippen molar-refractivity contribution in [2.75, 3.05) is 39.3 Å². The van der Waals surface area contributed by atoms with Crippen LogP contribution in [0.4, 0.5) is 0 Å². The van der Waals surface area contributed by atoms with Gasteiger partial charge < -0.3 is 10.2 Å². The lowest BCUT2D eigenvalue weighted by Gasteiger charge is -2.42. The number of carbonyl (C=O) groups is 1. The van der Waals surface area contributed by atoms with E-state index in [0.717, 1.165) is 58.0 Å². The first kappa shape index (κ1) is 14.8. The first-order valence-electron chi connectivity index (χ1n) is 7.77. The van der Waals surface area contributed by atoms with E-state index in [-0.39, 0.29) is 5.54 Å². The minimum atomic E-state index is -0.352. The van der Waals surface area contributed by atoms with Gasteiger partial charge in [0.05, 0.1) is 5.54 Å². The third kappa shape index (κ3) is 3.48. The van der Waals surface area contributed by atoms with Crippen LogP contribution in [0.3, 0.4) is 0 Å². The van der Waals surface area contributed by atoms with Gasteiger partial charge >= 0.3 is 0 Å². The van der Waals surface area contributed by atoms with Crippen LogP contribution in [-0.4, -0.2) is 60.5 Å². The van der Waals surface area contributed by atoms with Crippen molar-refractivity contribution in [1.29, 1.82) is 0 Å². The highest BCUT2D eigenvalue weighted by Crippen LogP contribution is 2.22. The van der Waals surface area contributed by atoms with Crippen LogP contribution in [0.5, 0.6) is 0 Å². The van der Waals surface area contributed by atoms with Crippen molar-refractivity contribution in [3.63, 3.8) is 0 Å². The molecule has 0 aromatic rings. The average Bonchev–Trinajstić information content (AvgIpc) is 2.63. The fourth-order valence-corrected chi connectivity index (χ4v) is 3.21. The van der Waals surface area contributed by atoms with Crippen molar-refractivity contribution in [2.24, 2.45) is 5.92 Å². The van der Waals surface area contributed by atoms with Gasteiger partial charge in [0.1, 0.15) is 0 Å². The second-order valence-electron chi connectivity index (χ2n) is 6.62. The molecule has 0 aromatic carbocycles. The minimum absolute atomic E-state index is 0.323. The normalized spacial score (nSPS) is 27.1. The molecule has 0 aromatic heterocycles. The van der Waals surface area contributed by atoms with Gasteiger partial charge in [-0.15, -0.1) is 0 Å². The van der Waals surface area contributed by atoms with Gasteiger partial charge in [0.15, 0.2) is 0 Å². The van der Waals surface area contributed by atoms with E-state index in [4.69, 9.17) is 0 Å². The Morgan fingerprint density at radius 2 is 1.79 bits per heavy atom. The monoisotopic (exact) mass is 267 g/mol. The Bertz CT molecular complexity index is 311. The summed E-state index contributed by atoms with van der Waals surface area (Å²) < 4.78 is 0. The summed E-state index contributed by atoms with van der Waals surface area (Å²) in [6, 6.07) is 0. The van der Waals surface area contributed by atoms with E-state index in [1.54, 1.807) is 0 Å². The molecule has 0 aliphatic carbocycles. The van der Waals surface area contributed by atoms with Crippen molar-refractivity contribution in [2.45, 2.75) is 45.6 Å². The molecule has 2 fully saturated rings. The average molecular weight is 267 g/mol. The van der Waals surface area contributed by atoms with Gasteiger partial charge in [0, 0.05) is 39.3 Å². The number of nitrogens with one attached hydrogen (secondary N) is 1. The summed E-state index contributed by atoms with van der Waals surface area (Å²) >= 11 is 0. The molecular formula is C15H29N3O. The summed E-state index contributed by atoms with van der Waals surface area (Å²) in [7, 11) is 0. The third-order valence-corrected chi connectivity index (χ3v) is 4.73. The zero-order valence-corrected chi connectivity index (χ0v) is 12.7. The molecule has 0 bridgehead atoms. The highest BCUT2D eigenvalue weighted by atomic mass is 16.2. The number of likely N-dealkylation sites (tertiary alicyclic amines) is 1. The minimum Gasteiger partial charge on any atom is -0.341 e. The predicted octanol–water partition coefficient (Wildman–Crippen LogP) is 1.32. The van der Waals surface area contributed by atoms with Gasteiger partial charge in [-0.2, -0.15) is 0 Å². The van der Waals surface area contributed by atoms with E-state index in [2.05, 4.69) is 35.9 Å². The molecular weight excluding hydrogens is 238 g/mol. The lowest BCUT2D eigenvalue weighted by molar-refractivity contribution is -0.143. The number of carbonyl (C=O) groups excluding carboxylic acids is 1.